The first-order chi connectivity index (χ1) is 14.8. The highest BCUT2D eigenvalue weighted by Crippen LogP contribution is 2.35. The van der Waals surface area contributed by atoms with E-state index in [9.17, 15) is 0 Å². The average molecular weight is 389 g/mol. The topological polar surface area (TPSA) is 20.2 Å². The third-order valence-electron chi connectivity index (χ3n) is 5.12. The lowest BCUT2D eigenvalue weighted by Crippen LogP contribution is -1.77. The smallest absolute Gasteiger partial charge is 0.115 e. The highest BCUT2D eigenvalue weighted by molar-refractivity contribution is 5.82. The van der Waals surface area contributed by atoms with Gasteiger partial charge in [-0.25, -0.2) is 0 Å². The van der Waals surface area contributed by atoms with Crippen LogP contribution in [0.3, 0.4) is 0 Å². The molecule has 5 aromatic rings. The standard InChI is InChI=1S/C13H10.C10H8.C6H6O/c1-3-7-12-10(5-1)9-11-6-2-4-8-13(11)12;1-2-6-10-8-4-3-7-9(10)5-1;7-6-4-2-1-3-5-6/h1-8H,9H2;1-8H;1-5,7H. The van der Waals surface area contributed by atoms with Crippen molar-refractivity contribution in [1.29, 1.82) is 0 Å². The second-order valence-corrected chi connectivity index (χ2v) is 7.17. The number of aromatic hydroxyl groups is 1. The first-order valence-electron chi connectivity index (χ1n) is 10.2. The first-order valence-corrected chi connectivity index (χ1v) is 10.2. The maximum atomic E-state index is 8.63. The molecule has 5 aromatic carbocycles. The molecule has 1 nitrogen and oxygen atoms in total. The minimum atomic E-state index is 0.322. The number of hydrogen-bond acceptors (Lipinski definition) is 1. The Bertz CT molecular complexity index is 1120. The van der Waals surface area contributed by atoms with Crippen LogP contribution in [-0.4, -0.2) is 5.11 Å². The zero-order chi connectivity index (χ0) is 20.6. The Labute approximate surface area is 177 Å². The van der Waals surface area contributed by atoms with Gasteiger partial charge in [0, 0.05) is 0 Å². The molecule has 6 rings (SSSR count). The summed E-state index contributed by atoms with van der Waals surface area (Å²) in [5.74, 6) is 0.322. The summed E-state index contributed by atoms with van der Waals surface area (Å²) in [6.45, 7) is 0. The second-order valence-electron chi connectivity index (χ2n) is 7.17. The lowest BCUT2D eigenvalue weighted by atomic mass is 10.1. The van der Waals surface area contributed by atoms with Crippen molar-refractivity contribution in [2.45, 2.75) is 6.42 Å². The molecule has 0 saturated carbocycles. The predicted octanol–water partition coefficient (Wildman–Crippen LogP) is 7.49. The van der Waals surface area contributed by atoms with E-state index in [4.69, 9.17) is 5.11 Å². The zero-order valence-electron chi connectivity index (χ0n) is 16.8. The van der Waals surface area contributed by atoms with Crippen molar-refractivity contribution in [2.24, 2.45) is 0 Å². The molecular formula is C29H24O. The van der Waals surface area contributed by atoms with Crippen molar-refractivity contribution in [2.75, 3.05) is 0 Å². The first kappa shape index (κ1) is 19.5. The minimum absolute atomic E-state index is 0.322. The van der Waals surface area contributed by atoms with Crippen LogP contribution >= 0.6 is 0 Å². The maximum Gasteiger partial charge on any atom is 0.115 e. The Morgan fingerprint density at radius 1 is 0.400 bits per heavy atom. The SMILES string of the molecule is Oc1ccccc1.c1ccc2c(c1)Cc1ccccc1-2.c1ccc2ccccc2c1. The summed E-state index contributed by atoms with van der Waals surface area (Å²) in [4.78, 5) is 0. The number of rotatable bonds is 0. The maximum absolute atomic E-state index is 8.63. The third kappa shape index (κ3) is 4.76. The Morgan fingerprint density at radius 3 is 1.17 bits per heavy atom. The van der Waals surface area contributed by atoms with Gasteiger partial charge in [-0.15, -0.1) is 0 Å². The molecule has 0 aromatic heterocycles. The van der Waals surface area contributed by atoms with Crippen LogP contribution in [0.2, 0.25) is 0 Å². The summed E-state index contributed by atoms with van der Waals surface area (Å²) < 4.78 is 0. The van der Waals surface area contributed by atoms with Gasteiger partial charge in [0.25, 0.3) is 0 Å². The van der Waals surface area contributed by atoms with Crippen LogP contribution in [0, 0.1) is 0 Å². The number of phenolic OH excluding ortho intramolecular Hbond substituents is 1. The van der Waals surface area contributed by atoms with E-state index in [1.54, 1.807) is 24.3 Å². The van der Waals surface area contributed by atoms with Gasteiger partial charge in [0.15, 0.2) is 0 Å². The molecule has 30 heavy (non-hydrogen) atoms. The molecule has 1 N–H and O–H groups in total. The molecule has 0 unspecified atom stereocenters. The van der Waals surface area contributed by atoms with Crippen molar-refractivity contribution in [3.63, 3.8) is 0 Å². The largest absolute Gasteiger partial charge is 0.508 e. The molecule has 0 saturated heterocycles. The zero-order valence-corrected chi connectivity index (χ0v) is 16.8. The van der Waals surface area contributed by atoms with E-state index in [-0.39, 0.29) is 0 Å². The van der Waals surface area contributed by atoms with Gasteiger partial charge >= 0.3 is 0 Å². The van der Waals surface area contributed by atoms with Crippen molar-refractivity contribution < 1.29 is 5.11 Å². The quantitative estimate of drug-likeness (QED) is 0.286. The molecule has 1 heteroatoms. The normalized spacial score (nSPS) is 10.7. The molecule has 0 heterocycles. The molecule has 0 amide bonds. The van der Waals surface area contributed by atoms with Crippen molar-refractivity contribution in [3.05, 3.63) is 139 Å². The van der Waals surface area contributed by atoms with Gasteiger partial charge in [-0.2, -0.15) is 0 Å². The second kappa shape index (κ2) is 9.58. The van der Waals surface area contributed by atoms with Crippen LogP contribution in [0.25, 0.3) is 21.9 Å². The van der Waals surface area contributed by atoms with Crippen LogP contribution < -0.4 is 0 Å². The molecule has 0 aliphatic heterocycles. The molecule has 146 valence electrons. The molecule has 0 atom stereocenters. The summed E-state index contributed by atoms with van der Waals surface area (Å²) in [6, 6.07) is 42.7. The Hall–Kier alpha value is -3.84. The summed E-state index contributed by atoms with van der Waals surface area (Å²) in [6.07, 6.45) is 1.10. The highest BCUT2D eigenvalue weighted by atomic mass is 16.3. The van der Waals surface area contributed by atoms with Gasteiger partial charge < -0.3 is 5.11 Å². The molecule has 0 bridgehead atoms. The van der Waals surface area contributed by atoms with Crippen molar-refractivity contribution in [1.82, 2.24) is 0 Å². The summed E-state index contributed by atoms with van der Waals surface area (Å²) in [5, 5.41) is 11.3. The lowest BCUT2D eigenvalue weighted by molar-refractivity contribution is 0.475. The van der Waals surface area contributed by atoms with Gasteiger partial charge in [-0.3, -0.25) is 0 Å². The van der Waals surface area contributed by atoms with E-state index in [0.717, 1.165) is 6.42 Å². The minimum Gasteiger partial charge on any atom is -0.508 e. The van der Waals surface area contributed by atoms with Crippen LogP contribution in [0.1, 0.15) is 11.1 Å². The molecule has 0 fully saturated rings. The number of benzene rings is 5. The fraction of sp³-hybridized carbons (Fsp3) is 0.0345. The number of para-hydroxylation sites is 1. The predicted molar refractivity (Wildman–Crippen MR) is 127 cm³/mol. The molecule has 0 spiro atoms. The van der Waals surface area contributed by atoms with E-state index in [1.165, 1.54) is 33.0 Å². The van der Waals surface area contributed by atoms with Crippen LogP contribution in [0.5, 0.6) is 5.75 Å². The van der Waals surface area contributed by atoms with Crippen molar-refractivity contribution in [3.8, 4) is 16.9 Å². The monoisotopic (exact) mass is 388 g/mol. The van der Waals surface area contributed by atoms with E-state index >= 15 is 0 Å². The van der Waals surface area contributed by atoms with E-state index in [2.05, 4.69) is 97.1 Å². The van der Waals surface area contributed by atoms with Crippen molar-refractivity contribution >= 4 is 10.8 Å². The van der Waals surface area contributed by atoms with Crippen LogP contribution in [0.15, 0.2) is 127 Å². The van der Waals surface area contributed by atoms with E-state index < -0.39 is 0 Å². The molecule has 0 radical (unpaired) electrons. The molecule has 1 aliphatic carbocycles. The van der Waals surface area contributed by atoms with Gasteiger partial charge in [0.05, 0.1) is 0 Å². The highest BCUT2D eigenvalue weighted by Gasteiger charge is 2.15. The van der Waals surface area contributed by atoms with Crippen LogP contribution in [0.4, 0.5) is 0 Å². The van der Waals surface area contributed by atoms with Gasteiger partial charge in [0.1, 0.15) is 5.75 Å². The fourth-order valence-electron chi connectivity index (χ4n) is 3.64. The van der Waals surface area contributed by atoms with Crippen LogP contribution in [-0.2, 0) is 6.42 Å². The van der Waals surface area contributed by atoms with E-state index in [0.29, 0.717) is 5.75 Å². The van der Waals surface area contributed by atoms with Gasteiger partial charge in [-0.05, 0) is 51.6 Å². The molecule has 1 aliphatic rings. The third-order valence-corrected chi connectivity index (χ3v) is 5.12. The fourth-order valence-corrected chi connectivity index (χ4v) is 3.64. The summed E-state index contributed by atoms with van der Waals surface area (Å²) >= 11 is 0. The van der Waals surface area contributed by atoms with E-state index in [1.807, 2.05) is 6.07 Å². The number of hydrogen-bond donors (Lipinski definition) is 1. The van der Waals surface area contributed by atoms with Gasteiger partial charge in [-0.1, -0.05) is 115 Å². The average Bonchev–Trinajstić information content (AvgIpc) is 3.19. The number of phenols is 1. The Morgan fingerprint density at radius 2 is 0.767 bits per heavy atom. The van der Waals surface area contributed by atoms with Gasteiger partial charge in [0.2, 0.25) is 0 Å². The summed E-state index contributed by atoms with van der Waals surface area (Å²) in [7, 11) is 0. The number of fused-ring (bicyclic) bond motifs is 4. The lowest BCUT2D eigenvalue weighted by Gasteiger charge is -1.98. The summed E-state index contributed by atoms with van der Waals surface area (Å²) in [5.41, 5.74) is 5.75. The Balaban J connectivity index is 0.000000115. The molecular weight excluding hydrogens is 364 g/mol. The Kier molecular flexibility index (Phi) is 6.22.